The molecule has 0 aliphatic rings. The third-order valence-electron chi connectivity index (χ3n) is 1.61. The van der Waals surface area contributed by atoms with Gasteiger partial charge in [0.05, 0.1) is 10.0 Å². The first-order valence-corrected chi connectivity index (χ1v) is 5.83. The van der Waals surface area contributed by atoms with Gasteiger partial charge in [-0.25, -0.2) is 0 Å². The number of carbonyl (C=O) groups is 1. The highest BCUT2D eigenvalue weighted by Gasteiger charge is 2.33. The van der Waals surface area contributed by atoms with E-state index in [1.807, 2.05) is 22.6 Å². The molecule has 0 aliphatic heterocycles. The van der Waals surface area contributed by atoms with Gasteiger partial charge in [-0.1, -0.05) is 0 Å². The van der Waals surface area contributed by atoms with Gasteiger partial charge in [0.25, 0.3) is 0 Å². The Labute approximate surface area is 111 Å². The first-order chi connectivity index (χ1) is 7.20. The number of Topliss-reactive ketones (excluding diaryl/α,β-unsaturated/α-hetero) is 1. The van der Waals surface area contributed by atoms with E-state index < -0.39 is 17.9 Å². The van der Waals surface area contributed by atoms with Crippen LogP contribution in [0.5, 0.6) is 5.75 Å². The summed E-state index contributed by atoms with van der Waals surface area (Å²) in [6.45, 7) is 1.18. The largest absolute Gasteiger partial charge is 0.573 e. The molecule has 0 spiro atoms. The molecular formula is C9H5BrF3IO2. The van der Waals surface area contributed by atoms with E-state index in [4.69, 9.17) is 0 Å². The molecule has 2 nitrogen and oxygen atoms in total. The quantitative estimate of drug-likeness (QED) is 0.542. The molecule has 0 atom stereocenters. The number of alkyl halides is 3. The van der Waals surface area contributed by atoms with Gasteiger partial charge in [0, 0.05) is 3.57 Å². The maximum absolute atomic E-state index is 12.1. The lowest BCUT2D eigenvalue weighted by Gasteiger charge is -2.13. The summed E-state index contributed by atoms with van der Waals surface area (Å²) < 4.78 is 40.9. The van der Waals surface area contributed by atoms with Crippen LogP contribution in [0.3, 0.4) is 0 Å². The molecule has 0 aliphatic carbocycles. The van der Waals surface area contributed by atoms with E-state index in [1.165, 1.54) is 19.1 Å². The summed E-state index contributed by atoms with van der Waals surface area (Å²) in [5.41, 5.74) is -0.101. The smallest absolute Gasteiger partial charge is 0.404 e. The van der Waals surface area contributed by atoms with E-state index in [1.54, 1.807) is 0 Å². The molecule has 0 N–H and O–H groups in total. The van der Waals surface area contributed by atoms with Gasteiger partial charge in [-0.3, -0.25) is 4.79 Å². The summed E-state index contributed by atoms with van der Waals surface area (Å²) in [6, 6.07) is 2.78. The van der Waals surface area contributed by atoms with Crippen molar-refractivity contribution in [2.75, 3.05) is 0 Å². The van der Waals surface area contributed by atoms with Crippen molar-refractivity contribution in [3.05, 3.63) is 25.7 Å². The lowest BCUT2D eigenvalue weighted by Crippen LogP contribution is -2.19. The van der Waals surface area contributed by atoms with E-state index >= 15 is 0 Å². The Morgan fingerprint density at radius 1 is 1.44 bits per heavy atom. The summed E-state index contributed by atoms with van der Waals surface area (Å²) in [5.74, 6) is -0.987. The van der Waals surface area contributed by atoms with Crippen molar-refractivity contribution >= 4 is 44.3 Å². The van der Waals surface area contributed by atoms with E-state index in [-0.39, 0.29) is 10.0 Å². The number of carbonyl (C=O) groups excluding carboxylic acids is 1. The van der Waals surface area contributed by atoms with Crippen LogP contribution in [0.2, 0.25) is 0 Å². The molecule has 0 heterocycles. The Balaban J connectivity index is 3.30. The van der Waals surface area contributed by atoms with Gasteiger partial charge in [0.1, 0.15) is 0 Å². The number of hydrogen-bond donors (Lipinski definition) is 0. The van der Waals surface area contributed by atoms with Gasteiger partial charge >= 0.3 is 6.36 Å². The van der Waals surface area contributed by atoms with Crippen LogP contribution in [-0.2, 0) is 0 Å². The third-order valence-corrected chi connectivity index (χ3v) is 2.82. The molecule has 1 rings (SSSR count). The summed E-state index contributed by atoms with van der Waals surface area (Å²) in [4.78, 5) is 11.2. The minimum absolute atomic E-state index is 0.0990. The van der Waals surface area contributed by atoms with Crippen LogP contribution in [0.15, 0.2) is 16.6 Å². The topological polar surface area (TPSA) is 26.3 Å². The van der Waals surface area contributed by atoms with Gasteiger partial charge < -0.3 is 4.74 Å². The molecule has 0 amide bonds. The van der Waals surface area contributed by atoms with Crippen molar-refractivity contribution < 1.29 is 22.7 Å². The SMILES string of the molecule is CC(=O)c1cc(I)cc(Br)c1OC(F)(F)F. The van der Waals surface area contributed by atoms with Crippen molar-refractivity contribution in [2.45, 2.75) is 13.3 Å². The summed E-state index contributed by atoms with van der Waals surface area (Å²) >= 11 is 4.84. The predicted octanol–water partition coefficient (Wildman–Crippen LogP) is 4.15. The van der Waals surface area contributed by atoms with Gasteiger partial charge in [0.2, 0.25) is 0 Å². The molecule has 16 heavy (non-hydrogen) atoms. The first kappa shape index (κ1) is 13.8. The number of rotatable bonds is 2. The summed E-state index contributed by atoms with van der Waals surface area (Å²) in [5, 5.41) is 0. The Morgan fingerprint density at radius 2 is 2.00 bits per heavy atom. The third kappa shape index (κ3) is 3.62. The fourth-order valence-corrected chi connectivity index (χ4v) is 2.63. The molecule has 0 saturated carbocycles. The van der Waals surface area contributed by atoms with Gasteiger partial charge in [-0.05, 0) is 57.6 Å². The van der Waals surface area contributed by atoms with Crippen LogP contribution in [0, 0.1) is 3.57 Å². The lowest BCUT2D eigenvalue weighted by molar-refractivity contribution is -0.275. The number of benzene rings is 1. The minimum Gasteiger partial charge on any atom is -0.404 e. The van der Waals surface area contributed by atoms with Crippen LogP contribution in [0.4, 0.5) is 13.2 Å². The zero-order valence-electron chi connectivity index (χ0n) is 7.86. The van der Waals surface area contributed by atoms with Crippen molar-refractivity contribution in [2.24, 2.45) is 0 Å². The highest BCUT2D eigenvalue weighted by molar-refractivity contribution is 14.1. The molecular weight excluding hydrogens is 404 g/mol. The van der Waals surface area contributed by atoms with Crippen LogP contribution in [0.25, 0.3) is 0 Å². The normalized spacial score (nSPS) is 11.4. The Morgan fingerprint density at radius 3 is 2.44 bits per heavy atom. The van der Waals surface area contributed by atoms with Crippen molar-refractivity contribution in [3.63, 3.8) is 0 Å². The first-order valence-electron chi connectivity index (χ1n) is 3.96. The summed E-state index contributed by atoms with van der Waals surface area (Å²) in [7, 11) is 0. The molecule has 0 fully saturated rings. The van der Waals surface area contributed by atoms with Crippen LogP contribution < -0.4 is 4.74 Å². The molecule has 88 valence electrons. The zero-order valence-corrected chi connectivity index (χ0v) is 11.6. The lowest BCUT2D eigenvalue weighted by atomic mass is 10.1. The molecule has 7 heteroatoms. The second-order valence-corrected chi connectivity index (χ2v) is 4.97. The maximum atomic E-state index is 12.1. The van der Waals surface area contributed by atoms with E-state index in [0.717, 1.165) is 0 Å². The van der Waals surface area contributed by atoms with Gasteiger partial charge in [-0.2, -0.15) is 0 Å². The second kappa shape index (κ2) is 4.91. The van der Waals surface area contributed by atoms with E-state index in [0.29, 0.717) is 3.57 Å². The molecule has 0 bridgehead atoms. The highest BCUT2D eigenvalue weighted by atomic mass is 127. The number of ketones is 1. The molecule has 1 aromatic rings. The molecule has 0 unspecified atom stereocenters. The fourth-order valence-electron chi connectivity index (χ4n) is 1.04. The van der Waals surface area contributed by atoms with Crippen molar-refractivity contribution in [1.29, 1.82) is 0 Å². The number of ether oxygens (including phenoxy) is 1. The van der Waals surface area contributed by atoms with E-state index in [2.05, 4.69) is 20.7 Å². The predicted molar refractivity (Wildman–Crippen MR) is 63.5 cm³/mol. The van der Waals surface area contributed by atoms with Crippen molar-refractivity contribution in [3.8, 4) is 5.75 Å². The molecule has 0 aromatic heterocycles. The fraction of sp³-hybridized carbons (Fsp3) is 0.222. The second-order valence-electron chi connectivity index (χ2n) is 2.87. The maximum Gasteiger partial charge on any atom is 0.573 e. The Hall–Kier alpha value is -0.310. The Kier molecular flexibility index (Phi) is 4.22. The monoisotopic (exact) mass is 408 g/mol. The average molecular weight is 409 g/mol. The molecule has 0 saturated heterocycles. The number of halogens is 5. The molecule has 0 radical (unpaired) electrons. The standard InChI is InChI=1S/C9H5BrF3IO2/c1-4(15)6-2-5(14)3-7(10)8(6)16-9(11,12)13/h2-3H,1H3. The minimum atomic E-state index is -4.82. The van der Waals surface area contributed by atoms with Gasteiger partial charge in [-0.15, -0.1) is 13.2 Å². The van der Waals surface area contributed by atoms with Crippen LogP contribution in [0.1, 0.15) is 17.3 Å². The van der Waals surface area contributed by atoms with Crippen LogP contribution in [-0.4, -0.2) is 12.1 Å². The average Bonchev–Trinajstić information content (AvgIpc) is 2.07. The molecule has 1 aromatic carbocycles. The van der Waals surface area contributed by atoms with Crippen molar-refractivity contribution in [1.82, 2.24) is 0 Å². The number of hydrogen-bond acceptors (Lipinski definition) is 2. The highest BCUT2D eigenvalue weighted by Crippen LogP contribution is 2.35. The zero-order chi connectivity index (χ0) is 12.5. The Bertz CT molecular complexity index is 431. The summed E-state index contributed by atoms with van der Waals surface area (Å²) in [6.07, 6.45) is -4.82. The van der Waals surface area contributed by atoms with Gasteiger partial charge in [0.15, 0.2) is 11.5 Å². The van der Waals surface area contributed by atoms with E-state index in [9.17, 15) is 18.0 Å². The van der Waals surface area contributed by atoms with Crippen LogP contribution >= 0.6 is 38.5 Å².